The third-order valence-corrected chi connectivity index (χ3v) is 5.23. The minimum Gasteiger partial charge on any atom is -0.495 e. The van der Waals surface area contributed by atoms with Crippen LogP contribution in [0, 0.1) is 0 Å². The molecule has 0 atom stereocenters. The largest absolute Gasteiger partial charge is 0.495 e. The minimum atomic E-state index is -3.69. The number of nitrogens with two attached hydrogens (primary N) is 1. The molecule has 0 unspecified atom stereocenters. The Balaban J connectivity index is 2.49. The number of nitrogens with one attached hydrogen (secondary N) is 2. The van der Waals surface area contributed by atoms with Gasteiger partial charge in [-0.3, -0.25) is 4.79 Å². The van der Waals surface area contributed by atoms with E-state index in [1.54, 1.807) is 0 Å². The molecule has 0 aliphatic carbocycles. The number of aromatic nitrogens is 2. The number of rotatable bonds is 7. The van der Waals surface area contributed by atoms with Crippen molar-refractivity contribution in [3.63, 3.8) is 0 Å². The molecule has 2 rings (SSSR count). The molecule has 1 aromatic carbocycles. The van der Waals surface area contributed by atoms with Crippen molar-refractivity contribution in [1.29, 1.82) is 0 Å². The lowest BCUT2D eigenvalue weighted by atomic mass is 10.2. The molecule has 0 saturated carbocycles. The highest BCUT2D eigenvalue weighted by Crippen LogP contribution is 2.29. The van der Waals surface area contributed by atoms with Crippen LogP contribution in [0.15, 0.2) is 23.1 Å². The number of amides is 1. The number of hydrogen-bond donors (Lipinski definition) is 3. The number of carbonyl (C=O) groups excluding carboxylic acids is 1. The Kier molecular flexibility index (Phi) is 6.01. The first kappa shape index (κ1) is 19.9. The van der Waals surface area contributed by atoms with Crippen molar-refractivity contribution >= 4 is 39.0 Å². The van der Waals surface area contributed by atoms with Gasteiger partial charge in [0.05, 0.1) is 12.8 Å². The number of carbonyl (C=O) groups is 1. The van der Waals surface area contributed by atoms with Crippen LogP contribution in [0.4, 0.5) is 11.5 Å². The zero-order valence-electron chi connectivity index (χ0n) is 14.3. The first-order valence-electron chi connectivity index (χ1n) is 7.48. The number of nitrogens with zero attached hydrogens (tertiary/aromatic N) is 2. The molecule has 0 aliphatic rings. The van der Waals surface area contributed by atoms with Crippen LogP contribution in [0.3, 0.4) is 0 Å². The maximum atomic E-state index is 12.0. The third-order valence-electron chi connectivity index (χ3n) is 3.47. The van der Waals surface area contributed by atoms with Crippen LogP contribution in [0.2, 0.25) is 5.15 Å². The van der Waals surface area contributed by atoms with E-state index >= 15 is 0 Å². The Morgan fingerprint density at radius 3 is 2.58 bits per heavy atom. The molecular weight excluding hydrogens is 382 g/mol. The summed E-state index contributed by atoms with van der Waals surface area (Å²) in [5.74, 6) is -0.604. The second-order valence-electron chi connectivity index (χ2n) is 5.07. The maximum absolute atomic E-state index is 12.0. The van der Waals surface area contributed by atoms with E-state index in [1.165, 1.54) is 32.4 Å². The van der Waals surface area contributed by atoms with Crippen LogP contribution in [0.1, 0.15) is 23.1 Å². The van der Waals surface area contributed by atoms with Gasteiger partial charge in [-0.25, -0.2) is 23.1 Å². The van der Waals surface area contributed by atoms with Gasteiger partial charge in [0.1, 0.15) is 10.6 Å². The van der Waals surface area contributed by atoms with E-state index in [2.05, 4.69) is 20.0 Å². The Labute approximate surface area is 156 Å². The summed E-state index contributed by atoms with van der Waals surface area (Å²) < 4.78 is 31.3. The summed E-state index contributed by atoms with van der Waals surface area (Å²) in [4.78, 5) is 19.9. The molecule has 4 N–H and O–H groups in total. The second kappa shape index (κ2) is 7.85. The molecule has 26 heavy (non-hydrogen) atoms. The molecule has 0 aliphatic heterocycles. The Morgan fingerprint density at radius 1 is 1.35 bits per heavy atom. The predicted octanol–water partition coefficient (Wildman–Crippen LogP) is 1.45. The zero-order chi connectivity index (χ0) is 19.5. The molecular formula is C15H18ClN5O4S. The number of primary amides is 1. The van der Waals surface area contributed by atoms with Crippen LogP contribution in [-0.2, 0) is 16.4 Å². The Hall–Kier alpha value is -2.43. The number of ether oxygens (including phenoxy) is 1. The van der Waals surface area contributed by atoms with Crippen LogP contribution >= 0.6 is 11.6 Å². The fourth-order valence-electron chi connectivity index (χ4n) is 2.15. The molecule has 1 aromatic heterocycles. The summed E-state index contributed by atoms with van der Waals surface area (Å²) in [6.45, 7) is 1.82. The molecule has 0 bridgehead atoms. The number of aryl methyl sites for hydroxylation is 1. The summed E-state index contributed by atoms with van der Waals surface area (Å²) in [7, 11) is -1.05. The smallest absolute Gasteiger partial charge is 0.271 e. The van der Waals surface area contributed by atoms with Gasteiger partial charge in [0.25, 0.3) is 5.91 Å². The van der Waals surface area contributed by atoms with Crippen molar-refractivity contribution in [3.8, 4) is 5.75 Å². The maximum Gasteiger partial charge on any atom is 0.271 e. The summed E-state index contributed by atoms with van der Waals surface area (Å²) in [6, 6.07) is 4.28. The Morgan fingerprint density at radius 2 is 2.04 bits per heavy atom. The van der Waals surface area contributed by atoms with Gasteiger partial charge in [0.2, 0.25) is 10.0 Å². The lowest BCUT2D eigenvalue weighted by Crippen LogP contribution is -2.19. The third kappa shape index (κ3) is 4.03. The van der Waals surface area contributed by atoms with Crippen molar-refractivity contribution in [3.05, 3.63) is 34.7 Å². The summed E-state index contributed by atoms with van der Waals surface area (Å²) in [5, 5.41) is 3.00. The molecule has 2 aromatic rings. The zero-order valence-corrected chi connectivity index (χ0v) is 15.9. The van der Waals surface area contributed by atoms with E-state index in [0.29, 0.717) is 17.8 Å². The number of benzene rings is 1. The predicted molar refractivity (Wildman–Crippen MR) is 97.5 cm³/mol. The lowest BCUT2D eigenvalue weighted by molar-refractivity contribution is 0.0996. The monoisotopic (exact) mass is 399 g/mol. The van der Waals surface area contributed by atoms with Gasteiger partial charge in [-0.2, -0.15) is 0 Å². The summed E-state index contributed by atoms with van der Waals surface area (Å²) >= 11 is 6.06. The van der Waals surface area contributed by atoms with Crippen molar-refractivity contribution in [2.45, 2.75) is 18.2 Å². The molecule has 0 radical (unpaired) electrons. The number of sulfonamides is 1. The normalized spacial score (nSPS) is 11.2. The average molecular weight is 400 g/mol. The highest BCUT2D eigenvalue weighted by molar-refractivity contribution is 7.89. The molecule has 1 amide bonds. The van der Waals surface area contributed by atoms with Gasteiger partial charge in [-0.15, -0.1) is 0 Å². The molecule has 0 fully saturated rings. The number of methoxy groups -OCH3 is 1. The second-order valence-corrected chi connectivity index (χ2v) is 7.29. The van der Waals surface area contributed by atoms with Crippen LogP contribution < -0.4 is 20.5 Å². The number of hydrogen-bond acceptors (Lipinski definition) is 7. The molecule has 0 spiro atoms. The molecule has 140 valence electrons. The van der Waals surface area contributed by atoms with E-state index < -0.39 is 15.9 Å². The van der Waals surface area contributed by atoms with Crippen LogP contribution in [-0.4, -0.2) is 38.5 Å². The first-order valence-corrected chi connectivity index (χ1v) is 9.34. The topological polar surface area (TPSA) is 136 Å². The van der Waals surface area contributed by atoms with Crippen molar-refractivity contribution in [2.24, 2.45) is 5.73 Å². The van der Waals surface area contributed by atoms with Gasteiger partial charge in [-0.1, -0.05) is 18.5 Å². The van der Waals surface area contributed by atoms with Gasteiger partial charge < -0.3 is 15.8 Å². The van der Waals surface area contributed by atoms with E-state index in [0.717, 1.165) is 0 Å². The number of anilines is 2. The van der Waals surface area contributed by atoms with Crippen LogP contribution in [0.5, 0.6) is 5.75 Å². The lowest BCUT2D eigenvalue weighted by Gasteiger charge is -2.14. The molecule has 11 heteroatoms. The van der Waals surface area contributed by atoms with E-state index in [9.17, 15) is 13.2 Å². The highest BCUT2D eigenvalue weighted by Gasteiger charge is 2.20. The molecule has 9 nitrogen and oxygen atoms in total. The van der Waals surface area contributed by atoms with Crippen molar-refractivity contribution < 1.29 is 17.9 Å². The SMILES string of the molecule is CCc1nc(C(N)=O)c(Nc2ccc(S(=O)(=O)NC)c(OC)c2)nc1Cl. The fourth-order valence-corrected chi connectivity index (χ4v) is 3.28. The van der Waals surface area contributed by atoms with Gasteiger partial charge in [-0.05, 0) is 25.6 Å². The van der Waals surface area contributed by atoms with Crippen molar-refractivity contribution in [2.75, 3.05) is 19.5 Å². The van der Waals surface area contributed by atoms with Gasteiger partial charge in [0.15, 0.2) is 16.7 Å². The quantitative estimate of drug-likeness (QED) is 0.640. The summed E-state index contributed by atoms with van der Waals surface area (Å²) in [5.41, 5.74) is 6.14. The number of halogens is 1. The van der Waals surface area contributed by atoms with Gasteiger partial charge in [0, 0.05) is 11.8 Å². The first-order chi connectivity index (χ1) is 12.2. The highest BCUT2D eigenvalue weighted by atomic mass is 35.5. The molecule has 0 saturated heterocycles. The average Bonchev–Trinajstić information content (AvgIpc) is 2.61. The molecule has 1 heterocycles. The van der Waals surface area contributed by atoms with E-state index in [1.807, 2.05) is 6.92 Å². The standard InChI is InChI=1S/C15H18ClN5O4S/c1-4-9-13(16)21-15(12(20-9)14(17)22)19-8-5-6-11(10(7-8)25-3)26(23,24)18-2/h5-7,18H,4H2,1-3H3,(H2,17,22)(H,19,21). The Bertz CT molecular complexity index is 949. The van der Waals surface area contributed by atoms with E-state index in [-0.39, 0.29) is 27.3 Å². The minimum absolute atomic E-state index is 0.0337. The van der Waals surface area contributed by atoms with Crippen molar-refractivity contribution in [1.82, 2.24) is 14.7 Å². The van der Waals surface area contributed by atoms with Gasteiger partial charge >= 0.3 is 0 Å². The fraction of sp³-hybridized carbons (Fsp3) is 0.267. The van der Waals surface area contributed by atoms with E-state index in [4.69, 9.17) is 22.1 Å². The summed E-state index contributed by atoms with van der Waals surface area (Å²) in [6.07, 6.45) is 0.483. The van der Waals surface area contributed by atoms with Crippen LogP contribution in [0.25, 0.3) is 0 Å².